The molecular weight excluding hydrogens is 344 g/mol. The Balaban J connectivity index is 1.86. The summed E-state index contributed by atoms with van der Waals surface area (Å²) in [5.74, 6) is 0.336. The van der Waals surface area contributed by atoms with E-state index in [0.29, 0.717) is 6.54 Å². The second-order valence-electron chi connectivity index (χ2n) is 8.68. The van der Waals surface area contributed by atoms with Crippen LogP contribution in [0, 0.1) is 30.1 Å². The molecule has 0 spiro atoms. The van der Waals surface area contributed by atoms with Crippen molar-refractivity contribution in [3.8, 4) is 0 Å². The van der Waals surface area contributed by atoms with Crippen LogP contribution in [-0.2, 0) is 11.2 Å². The number of likely N-dealkylation sites (N-methyl/N-ethyl adjacent to an activating group) is 1. The van der Waals surface area contributed by atoms with Crippen molar-refractivity contribution in [3.63, 3.8) is 0 Å². The lowest BCUT2D eigenvalue weighted by Gasteiger charge is -2.53. The Hall–Kier alpha value is -1.20. The standard InChI is InChI=1S/C21H32N2O2S/c1-7-10-23(6)20(25)12(2)15-8-9-21(5)11-16-18(22-14(4)26-16)13(3)17(21)19(15)24/h7,12-13,15,17,19,24H,1,8-11H2,2-6H3. The molecule has 144 valence electrons. The number of aliphatic hydroxyl groups is 1. The number of hydrogen-bond acceptors (Lipinski definition) is 4. The van der Waals surface area contributed by atoms with Crippen LogP contribution in [0.1, 0.15) is 55.1 Å². The van der Waals surface area contributed by atoms with Gasteiger partial charge in [0.05, 0.1) is 16.8 Å². The molecule has 2 aliphatic carbocycles. The summed E-state index contributed by atoms with van der Waals surface area (Å²) in [6.07, 6.45) is 4.25. The molecule has 1 fully saturated rings. The highest BCUT2D eigenvalue weighted by molar-refractivity contribution is 7.11. The lowest BCUT2D eigenvalue weighted by Crippen LogP contribution is -2.53. The second kappa shape index (κ2) is 7.08. The Labute approximate surface area is 161 Å². The Morgan fingerprint density at radius 3 is 2.92 bits per heavy atom. The Morgan fingerprint density at radius 1 is 1.58 bits per heavy atom. The van der Waals surface area contributed by atoms with E-state index in [2.05, 4.69) is 27.4 Å². The van der Waals surface area contributed by atoms with Gasteiger partial charge < -0.3 is 10.0 Å². The van der Waals surface area contributed by atoms with Crippen LogP contribution < -0.4 is 0 Å². The van der Waals surface area contributed by atoms with E-state index in [1.165, 1.54) is 10.6 Å². The first-order valence-electron chi connectivity index (χ1n) is 9.69. The number of nitrogens with zero attached hydrogens (tertiary/aromatic N) is 2. The normalized spacial score (nSPS) is 34.5. The van der Waals surface area contributed by atoms with Crippen molar-refractivity contribution in [2.24, 2.45) is 23.2 Å². The third-order valence-corrected chi connectivity index (χ3v) is 7.83. The summed E-state index contributed by atoms with van der Waals surface area (Å²) < 4.78 is 0. The van der Waals surface area contributed by atoms with Gasteiger partial charge in [0, 0.05) is 30.3 Å². The molecule has 0 radical (unpaired) electrons. The van der Waals surface area contributed by atoms with Crippen LogP contribution in [0.15, 0.2) is 12.7 Å². The zero-order valence-electron chi connectivity index (χ0n) is 16.7. The van der Waals surface area contributed by atoms with E-state index in [0.717, 1.165) is 24.3 Å². The lowest BCUT2D eigenvalue weighted by atomic mass is 9.53. The second-order valence-corrected chi connectivity index (χ2v) is 9.96. The highest BCUT2D eigenvalue weighted by atomic mass is 32.1. The van der Waals surface area contributed by atoms with Crippen LogP contribution >= 0.6 is 11.3 Å². The molecule has 1 saturated carbocycles. The van der Waals surface area contributed by atoms with Crippen LogP contribution in [-0.4, -0.2) is 40.6 Å². The fraction of sp³-hybridized carbons (Fsp3) is 0.714. The number of aryl methyl sites for hydroxylation is 1. The van der Waals surface area contributed by atoms with Crippen LogP contribution in [0.3, 0.4) is 0 Å². The molecule has 1 N–H and O–H groups in total. The highest BCUT2D eigenvalue weighted by Crippen LogP contribution is 2.57. The summed E-state index contributed by atoms with van der Waals surface area (Å²) in [6.45, 7) is 12.8. The van der Waals surface area contributed by atoms with Gasteiger partial charge >= 0.3 is 0 Å². The summed E-state index contributed by atoms with van der Waals surface area (Å²) in [6, 6.07) is 0. The summed E-state index contributed by atoms with van der Waals surface area (Å²) >= 11 is 1.81. The van der Waals surface area contributed by atoms with Gasteiger partial charge in [-0.15, -0.1) is 17.9 Å². The molecule has 1 aromatic heterocycles. The number of carbonyl (C=O) groups is 1. The molecule has 5 heteroatoms. The SMILES string of the molecule is C=CCN(C)C(=O)C(C)C1CCC2(C)Cc3sc(C)nc3C(C)C2C1O. The molecule has 6 atom stereocenters. The zero-order chi connectivity index (χ0) is 19.2. The molecule has 0 aliphatic heterocycles. The minimum atomic E-state index is -0.463. The Morgan fingerprint density at radius 2 is 2.27 bits per heavy atom. The van der Waals surface area contributed by atoms with Crippen molar-refractivity contribution < 1.29 is 9.90 Å². The first-order valence-corrected chi connectivity index (χ1v) is 10.5. The Kier molecular flexibility index (Phi) is 5.33. The number of thiazole rings is 1. The first-order chi connectivity index (χ1) is 12.2. The maximum absolute atomic E-state index is 12.8. The van der Waals surface area contributed by atoms with Gasteiger partial charge in [-0.3, -0.25) is 4.79 Å². The monoisotopic (exact) mass is 376 g/mol. The number of carbonyl (C=O) groups excluding carboxylic acids is 1. The van der Waals surface area contributed by atoms with Gasteiger partial charge in [0.1, 0.15) is 0 Å². The molecular formula is C21H32N2O2S. The molecule has 2 aliphatic rings. The molecule has 3 rings (SSSR count). The van der Waals surface area contributed by atoms with Crippen molar-refractivity contribution >= 4 is 17.2 Å². The van der Waals surface area contributed by atoms with Crippen molar-refractivity contribution in [1.82, 2.24) is 9.88 Å². The topological polar surface area (TPSA) is 53.4 Å². The van der Waals surface area contributed by atoms with Gasteiger partial charge in [0.15, 0.2) is 0 Å². The van der Waals surface area contributed by atoms with Crippen LogP contribution in [0.25, 0.3) is 0 Å². The fourth-order valence-corrected chi connectivity index (χ4v) is 6.72. The average molecular weight is 377 g/mol. The number of rotatable bonds is 4. The van der Waals surface area contributed by atoms with Crippen molar-refractivity contribution in [2.75, 3.05) is 13.6 Å². The van der Waals surface area contributed by atoms with Gasteiger partial charge in [-0.25, -0.2) is 4.98 Å². The van der Waals surface area contributed by atoms with Gasteiger partial charge in [-0.05, 0) is 43.4 Å². The van der Waals surface area contributed by atoms with E-state index in [1.54, 1.807) is 11.0 Å². The summed E-state index contributed by atoms with van der Waals surface area (Å²) in [5.41, 5.74) is 1.27. The molecule has 1 heterocycles. The summed E-state index contributed by atoms with van der Waals surface area (Å²) in [7, 11) is 1.81. The quantitative estimate of drug-likeness (QED) is 0.814. The van der Waals surface area contributed by atoms with Crippen LogP contribution in [0.4, 0.5) is 0 Å². The van der Waals surface area contributed by atoms with E-state index in [-0.39, 0.29) is 35.0 Å². The molecule has 1 aromatic rings. The zero-order valence-corrected chi connectivity index (χ0v) is 17.5. The molecule has 0 bridgehead atoms. The lowest BCUT2D eigenvalue weighted by molar-refractivity contribution is -0.143. The molecule has 0 saturated heterocycles. The van der Waals surface area contributed by atoms with Gasteiger partial charge in [0.25, 0.3) is 0 Å². The third kappa shape index (κ3) is 3.13. The predicted molar refractivity (Wildman–Crippen MR) is 106 cm³/mol. The van der Waals surface area contributed by atoms with Crippen molar-refractivity contribution in [3.05, 3.63) is 28.2 Å². The van der Waals surface area contributed by atoms with E-state index in [4.69, 9.17) is 4.98 Å². The molecule has 26 heavy (non-hydrogen) atoms. The van der Waals surface area contributed by atoms with Crippen molar-refractivity contribution in [2.45, 2.75) is 59.0 Å². The highest BCUT2D eigenvalue weighted by Gasteiger charge is 2.53. The average Bonchev–Trinajstić information content (AvgIpc) is 2.93. The smallest absolute Gasteiger partial charge is 0.225 e. The maximum atomic E-state index is 12.8. The summed E-state index contributed by atoms with van der Waals surface area (Å²) in [4.78, 5) is 20.6. The molecule has 4 nitrogen and oxygen atoms in total. The number of hydrogen-bond donors (Lipinski definition) is 1. The minimum absolute atomic E-state index is 0.0107. The molecule has 0 aromatic carbocycles. The van der Waals surface area contributed by atoms with Crippen molar-refractivity contribution in [1.29, 1.82) is 0 Å². The number of fused-ring (bicyclic) bond motifs is 2. The van der Waals surface area contributed by atoms with E-state index >= 15 is 0 Å². The van der Waals surface area contributed by atoms with Gasteiger partial charge in [0.2, 0.25) is 5.91 Å². The first kappa shape index (κ1) is 19.6. The fourth-order valence-electron chi connectivity index (χ4n) is 5.48. The Bertz CT molecular complexity index is 700. The third-order valence-electron chi connectivity index (χ3n) is 6.84. The van der Waals surface area contributed by atoms with Gasteiger partial charge in [-0.2, -0.15) is 0 Å². The molecule has 1 amide bonds. The number of amides is 1. The summed E-state index contributed by atoms with van der Waals surface area (Å²) in [5, 5.41) is 12.5. The van der Waals surface area contributed by atoms with Gasteiger partial charge in [-0.1, -0.05) is 26.8 Å². The van der Waals surface area contributed by atoms with E-state index < -0.39 is 6.10 Å². The van der Waals surface area contributed by atoms with E-state index in [9.17, 15) is 9.90 Å². The van der Waals surface area contributed by atoms with E-state index in [1.807, 2.05) is 25.3 Å². The maximum Gasteiger partial charge on any atom is 0.225 e. The molecule has 6 unspecified atom stereocenters. The largest absolute Gasteiger partial charge is 0.392 e. The number of aromatic nitrogens is 1. The van der Waals surface area contributed by atoms with Crippen LogP contribution in [0.2, 0.25) is 0 Å². The minimum Gasteiger partial charge on any atom is -0.392 e. The predicted octanol–water partition coefficient (Wildman–Crippen LogP) is 3.79. The van der Waals surface area contributed by atoms with Crippen LogP contribution in [0.5, 0.6) is 0 Å². The number of aliphatic hydroxyl groups excluding tert-OH is 1.